The predicted octanol–water partition coefficient (Wildman–Crippen LogP) is 2.61. The molecule has 0 bridgehead atoms. The number of nitrogens with zero attached hydrogens (tertiary/aromatic N) is 2. The van der Waals surface area contributed by atoms with Crippen molar-refractivity contribution in [3.05, 3.63) is 40.4 Å². The average Bonchev–Trinajstić information content (AvgIpc) is 2.87. The van der Waals surface area contributed by atoms with Gasteiger partial charge < -0.3 is 0 Å². The van der Waals surface area contributed by atoms with Crippen molar-refractivity contribution < 1.29 is 17.8 Å². The molecule has 2 aromatic rings. The summed E-state index contributed by atoms with van der Waals surface area (Å²) in [6.07, 6.45) is -1.14. The molecule has 1 N–H and O–H groups in total. The molecule has 0 saturated heterocycles. The molecule has 1 atom stereocenters. The highest BCUT2D eigenvalue weighted by Gasteiger charge is 2.16. The number of aromatic nitrogens is 2. The van der Waals surface area contributed by atoms with Crippen molar-refractivity contribution in [2.45, 2.75) is 12.2 Å². The van der Waals surface area contributed by atoms with E-state index in [-0.39, 0.29) is 5.13 Å². The second-order valence-electron chi connectivity index (χ2n) is 4.12. The van der Waals surface area contributed by atoms with Gasteiger partial charge in [0, 0.05) is 28.4 Å². The van der Waals surface area contributed by atoms with Gasteiger partial charge in [-0.25, -0.2) is 8.78 Å². The van der Waals surface area contributed by atoms with E-state index in [1.54, 1.807) is 30.5 Å². The highest BCUT2D eigenvalue weighted by Crippen LogP contribution is 2.25. The van der Waals surface area contributed by atoms with E-state index in [1.165, 1.54) is 0 Å². The van der Waals surface area contributed by atoms with Crippen LogP contribution < -0.4 is 5.32 Å². The molecular weight excluding hydrogens is 320 g/mol. The standard InChI is InChI=1S/C12H11F2N3O2S2/c1-21(19)6-7-3-2-4-8(5-7)10(18)15-12-17-16-11(20-12)9(13)14/h2-5,9H,6H2,1H3,(H,15,17,18). The number of rotatable bonds is 5. The van der Waals surface area contributed by atoms with E-state index >= 15 is 0 Å². The summed E-state index contributed by atoms with van der Waals surface area (Å²) in [5.74, 6) is -0.133. The Kier molecular flexibility index (Phi) is 5.07. The van der Waals surface area contributed by atoms with Gasteiger partial charge >= 0.3 is 0 Å². The molecule has 1 aromatic heterocycles. The first-order valence-corrected chi connectivity index (χ1v) is 8.32. The zero-order valence-corrected chi connectivity index (χ0v) is 12.5. The topological polar surface area (TPSA) is 72.0 Å². The molecule has 5 nitrogen and oxygen atoms in total. The molecule has 1 amide bonds. The number of amides is 1. The first-order valence-electron chi connectivity index (χ1n) is 5.77. The lowest BCUT2D eigenvalue weighted by Gasteiger charge is -2.03. The Morgan fingerprint density at radius 2 is 2.19 bits per heavy atom. The zero-order chi connectivity index (χ0) is 15.4. The number of carbonyl (C=O) groups excluding carboxylic acids is 1. The van der Waals surface area contributed by atoms with E-state index in [2.05, 4.69) is 15.5 Å². The molecule has 1 unspecified atom stereocenters. The van der Waals surface area contributed by atoms with Crippen LogP contribution in [0.1, 0.15) is 27.4 Å². The third kappa shape index (κ3) is 4.36. The van der Waals surface area contributed by atoms with Crippen LogP contribution in [-0.4, -0.2) is 26.6 Å². The van der Waals surface area contributed by atoms with Crippen LogP contribution >= 0.6 is 11.3 Å². The number of hydrogen-bond donors (Lipinski definition) is 1. The minimum absolute atomic E-state index is 0.0137. The zero-order valence-electron chi connectivity index (χ0n) is 10.9. The number of halogens is 2. The first-order chi connectivity index (χ1) is 9.95. The normalized spacial score (nSPS) is 12.4. The van der Waals surface area contributed by atoms with Crippen LogP contribution in [0.5, 0.6) is 0 Å². The smallest absolute Gasteiger partial charge is 0.291 e. The molecule has 2 rings (SSSR count). The van der Waals surface area contributed by atoms with Gasteiger partial charge in [0.25, 0.3) is 12.3 Å². The molecule has 9 heteroatoms. The summed E-state index contributed by atoms with van der Waals surface area (Å²) in [6, 6.07) is 6.61. The van der Waals surface area contributed by atoms with E-state index in [1.807, 2.05) is 0 Å². The minimum Gasteiger partial charge on any atom is -0.296 e. The van der Waals surface area contributed by atoms with Crippen LogP contribution in [0, 0.1) is 0 Å². The second-order valence-corrected chi connectivity index (χ2v) is 6.56. The molecule has 0 aliphatic heterocycles. The van der Waals surface area contributed by atoms with Crippen LogP contribution in [0.25, 0.3) is 0 Å². The van der Waals surface area contributed by atoms with Crippen molar-refractivity contribution >= 4 is 33.2 Å². The number of nitrogens with one attached hydrogen (secondary N) is 1. The Morgan fingerprint density at radius 1 is 1.43 bits per heavy atom. The molecule has 0 aliphatic carbocycles. The highest BCUT2D eigenvalue weighted by atomic mass is 32.2. The number of carbonyl (C=O) groups is 1. The van der Waals surface area contributed by atoms with E-state index in [9.17, 15) is 17.8 Å². The Bertz CT molecular complexity index is 676. The van der Waals surface area contributed by atoms with Crippen molar-refractivity contribution in [2.75, 3.05) is 11.6 Å². The highest BCUT2D eigenvalue weighted by molar-refractivity contribution is 7.83. The third-order valence-corrected chi connectivity index (χ3v) is 3.99. The van der Waals surface area contributed by atoms with E-state index in [0.29, 0.717) is 22.7 Å². The summed E-state index contributed by atoms with van der Waals surface area (Å²) < 4.78 is 35.9. The van der Waals surface area contributed by atoms with Crippen molar-refractivity contribution in [1.29, 1.82) is 0 Å². The Hall–Kier alpha value is -1.74. The molecule has 112 valence electrons. The van der Waals surface area contributed by atoms with Gasteiger partial charge in [-0.05, 0) is 17.7 Å². The van der Waals surface area contributed by atoms with E-state index in [4.69, 9.17) is 0 Å². The molecule has 0 saturated carbocycles. The second kappa shape index (κ2) is 6.81. The van der Waals surface area contributed by atoms with Gasteiger partial charge in [-0.2, -0.15) is 0 Å². The minimum atomic E-state index is -2.71. The van der Waals surface area contributed by atoms with Gasteiger partial charge in [0.05, 0.1) is 0 Å². The molecule has 0 fully saturated rings. The molecule has 0 spiro atoms. The molecule has 0 radical (unpaired) electrons. The van der Waals surface area contributed by atoms with Crippen molar-refractivity contribution in [3.8, 4) is 0 Å². The number of alkyl halides is 2. The van der Waals surface area contributed by atoms with Crippen LogP contribution in [0.3, 0.4) is 0 Å². The lowest BCUT2D eigenvalue weighted by Crippen LogP contribution is -2.12. The van der Waals surface area contributed by atoms with Crippen molar-refractivity contribution in [1.82, 2.24) is 10.2 Å². The molecule has 1 heterocycles. The Labute approximate surface area is 125 Å². The number of benzene rings is 1. The Morgan fingerprint density at radius 3 is 2.81 bits per heavy atom. The molecule has 1 aromatic carbocycles. The molecule has 21 heavy (non-hydrogen) atoms. The summed E-state index contributed by atoms with van der Waals surface area (Å²) in [6.45, 7) is 0. The van der Waals surface area contributed by atoms with Gasteiger partial charge in [0.2, 0.25) is 5.13 Å². The SMILES string of the molecule is CS(=O)Cc1cccc(C(=O)Nc2nnc(C(F)F)s2)c1. The van der Waals surface area contributed by atoms with Gasteiger partial charge in [-0.1, -0.05) is 23.5 Å². The lowest BCUT2D eigenvalue weighted by atomic mass is 10.1. The van der Waals surface area contributed by atoms with E-state index < -0.39 is 28.1 Å². The predicted molar refractivity (Wildman–Crippen MR) is 77.0 cm³/mol. The quantitative estimate of drug-likeness (QED) is 0.914. The van der Waals surface area contributed by atoms with Crippen molar-refractivity contribution in [3.63, 3.8) is 0 Å². The van der Waals surface area contributed by atoms with Crippen LogP contribution in [-0.2, 0) is 16.6 Å². The van der Waals surface area contributed by atoms with Crippen molar-refractivity contribution in [2.24, 2.45) is 0 Å². The summed E-state index contributed by atoms with van der Waals surface area (Å²) >= 11 is 0.626. The van der Waals surface area contributed by atoms with Gasteiger partial charge in [-0.3, -0.25) is 14.3 Å². The number of hydrogen-bond acceptors (Lipinski definition) is 5. The maximum absolute atomic E-state index is 12.4. The number of anilines is 1. The fraction of sp³-hybridized carbons (Fsp3) is 0.250. The summed E-state index contributed by atoms with van der Waals surface area (Å²) in [5.41, 5.74) is 1.10. The fourth-order valence-corrected chi connectivity index (χ4v) is 2.82. The average molecular weight is 331 g/mol. The van der Waals surface area contributed by atoms with Crippen LogP contribution in [0.4, 0.5) is 13.9 Å². The van der Waals surface area contributed by atoms with Crippen LogP contribution in [0.2, 0.25) is 0 Å². The summed E-state index contributed by atoms with van der Waals surface area (Å²) in [5, 5.41) is 8.75. The molecular formula is C12H11F2N3O2S2. The lowest BCUT2D eigenvalue weighted by molar-refractivity contribution is 0.102. The largest absolute Gasteiger partial charge is 0.296 e. The molecule has 0 aliphatic rings. The Balaban J connectivity index is 2.10. The van der Waals surface area contributed by atoms with Crippen LogP contribution in [0.15, 0.2) is 24.3 Å². The van der Waals surface area contributed by atoms with Gasteiger partial charge in [0.15, 0.2) is 5.01 Å². The third-order valence-electron chi connectivity index (χ3n) is 2.41. The van der Waals surface area contributed by atoms with Gasteiger partial charge in [-0.15, -0.1) is 10.2 Å². The first kappa shape index (κ1) is 15.6. The monoisotopic (exact) mass is 331 g/mol. The van der Waals surface area contributed by atoms with Gasteiger partial charge in [0.1, 0.15) is 0 Å². The summed E-state index contributed by atoms with van der Waals surface area (Å²) in [4.78, 5) is 12.0. The maximum atomic E-state index is 12.4. The summed E-state index contributed by atoms with van der Waals surface area (Å²) in [7, 11) is -1.01. The maximum Gasteiger partial charge on any atom is 0.291 e. The fourth-order valence-electron chi connectivity index (χ4n) is 1.58. The van der Waals surface area contributed by atoms with E-state index in [0.717, 1.165) is 5.56 Å².